The van der Waals surface area contributed by atoms with Crippen LogP contribution in [-0.2, 0) is 14.3 Å². The fourth-order valence-electron chi connectivity index (χ4n) is 1.79. The summed E-state index contributed by atoms with van der Waals surface area (Å²) < 4.78 is 15.5. The summed E-state index contributed by atoms with van der Waals surface area (Å²) in [6.45, 7) is 6.04. The number of allylic oxidation sites excluding steroid dienone is 1. The van der Waals surface area contributed by atoms with Gasteiger partial charge in [-0.2, -0.15) is 0 Å². The number of rotatable bonds is 8. The van der Waals surface area contributed by atoms with Crippen LogP contribution in [0, 0.1) is 6.92 Å². The maximum Gasteiger partial charge on any atom is 0.311 e. The van der Waals surface area contributed by atoms with Crippen LogP contribution in [0.15, 0.2) is 29.8 Å². The highest BCUT2D eigenvalue weighted by Crippen LogP contribution is 2.28. The molecule has 0 fully saturated rings. The van der Waals surface area contributed by atoms with Crippen LogP contribution in [0.3, 0.4) is 0 Å². The number of carbonyl (C=O) groups excluding carboxylic acids is 2. The van der Waals surface area contributed by atoms with Crippen LogP contribution in [0.4, 0.5) is 0 Å². The van der Waals surface area contributed by atoms with Crippen LogP contribution in [0.25, 0.3) is 0 Å². The van der Waals surface area contributed by atoms with Gasteiger partial charge in [0.05, 0.1) is 7.11 Å². The lowest BCUT2D eigenvalue weighted by molar-refractivity contribution is -0.142. The third-order valence-electron chi connectivity index (χ3n) is 3.04. The molecule has 0 spiro atoms. The average Bonchev–Trinajstić information content (AvgIpc) is 2.47. The Labute approximate surface area is 137 Å². The number of carbonyl (C=O) groups is 2. The van der Waals surface area contributed by atoms with E-state index in [0.717, 1.165) is 11.1 Å². The SMILES string of the molecule is COc1ccc(C)cc1OC(=O)CCCC(=O)OCC=C(C)C. The van der Waals surface area contributed by atoms with Crippen LogP contribution in [0.5, 0.6) is 11.5 Å². The van der Waals surface area contributed by atoms with E-state index in [4.69, 9.17) is 14.2 Å². The van der Waals surface area contributed by atoms with Crippen molar-refractivity contribution in [1.82, 2.24) is 0 Å². The van der Waals surface area contributed by atoms with E-state index in [2.05, 4.69) is 0 Å². The molecule has 0 amide bonds. The zero-order valence-electron chi connectivity index (χ0n) is 14.2. The van der Waals surface area contributed by atoms with Crippen molar-refractivity contribution in [3.05, 3.63) is 35.4 Å². The van der Waals surface area contributed by atoms with Crippen LogP contribution in [0.2, 0.25) is 0 Å². The van der Waals surface area contributed by atoms with Crippen molar-refractivity contribution < 1.29 is 23.8 Å². The van der Waals surface area contributed by atoms with Gasteiger partial charge in [-0.15, -0.1) is 0 Å². The maximum absolute atomic E-state index is 11.8. The normalized spacial score (nSPS) is 9.91. The van der Waals surface area contributed by atoms with E-state index in [1.54, 1.807) is 12.1 Å². The van der Waals surface area contributed by atoms with Gasteiger partial charge in [0.15, 0.2) is 11.5 Å². The van der Waals surface area contributed by atoms with Gasteiger partial charge in [-0.3, -0.25) is 9.59 Å². The molecule has 126 valence electrons. The van der Waals surface area contributed by atoms with Gasteiger partial charge in [0.25, 0.3) is 0 Å². The highest BCUT2D eigenvalue weighted by Gasteiger charge is 2.11. The van der Waals surface area contributed by atoms with Gasteiger partial charge < -0.3 is 14.2 Å². The van der Waals surface area contributed by atoms with Gasteiger partial charge >= 0.3 is 11.9 Å². The number of esters is 2. The highest BCUT2D eigenvalue weighted by atomic mass is 16.6. The summed E-state index contributed by atoms with van der Waals surface area (Å²) in [5.41, 5.74) is 2.06. The fraction of sp³-hybridized carbons (Fsp3) is 0.444. The summed E-state index contributed by atoms with van der Waals surface area (Å²) in [4.78, 5) is 23.3. The van der Waals surface area contributed by atoms with Crippen LogP contribution < -0.4 is 9.47 Å². The molecule has 1 aromatic rings. The van der Waals surface area contributed by atoms with Crippen molar-refractivity contribution >= 4 is 11.9 Å². The molecule has 1 aromatic carbocycles. The van der Waals surface area contributed by atoms with Crippen LogP contribution in [0.1, 0.15) is 38.7 Å². The van der Waals surface area contributed by atoms with E-state index >= 15 is 0 Å². The molecule has 5 heteroatoms. The number of ether oxygens (including phenoxy) is 3. The molecule has 5 nitrogen and oxygen atoms in total. The first kappa shape index (κ1) is 18.7. The zero-order chi connectivity index (χ0) is 17.2. The Kier molecular flexibility index (Phi) is 7.88. The second-order valence-electron chi connectivity index (χ2n) is 5.45. The molecule has 0 unspecified atom stereocenters. The van der Waals surface area contributed by atoms with E-state index in [1.165, 1.54) is 7.11 Å². The minimum Gasteiger partial charge on any atom is -0.493 e. The lowest BCUT2D eigenvalue weighted by atomic mass is 10.2. The molecule has 23 heavy (non-hydrogen) atoms. The molecule has 0 aliphatic heterocycles. The molecule has 1 rings (SSSR count). The monoisotopic (exact) mass is 320 g/mol. The molecule has 0 atom stereocenters. The van der Waals surface area contributed by atoms with E-state index in [0.29, 0.717) is 17.9 Å². The fourth-order valence-corrected chi connectivity index (χ4v) is 1.79. The maximum atomic E-state index is 11.8. The van der Waals surface area contributed by atoms with Gasteiger partial charge in [0.2, 0.25) is 0 Å². The standard InChI is InChI=1S/C18H24O5/c1-13(2)10-11-22-17(19)6-5-7-18(20)23-16-12-14(3)8-9-15(16)21-4/h8-10,12H,5-7,11H2,1-4H3. The van der Waals surface area contributed by atoms with E-state index in [-0.39, 0.29) is 25.4 Å². The number of methoxy groups -OCH3 is 1. The topological polar surface area (TPSA) is 61.8 Å². The lowest BCUT2D eigenvalue weighted by Gasteiger charge is -2.09. The van der Waals surface area contributed by atoms with Gasteiger partial charge in [-0.25, -0.2) is 0 Å². The van der Waals surface area contributed by atoms with Crippen LogP contribution in [-0.4, -0.2) is 25.7 Å². The van der Waals surface area contributed by atoms with Gasteiger partial charge in [0, 0.05) is 12.8 Å². The number of aryl methyl sites for hydroxylation is 1. The van der Waals surface area contributed by atoms with Crippen molar-refractivity contribution in [3.63, 3.8) is 0 Å². The molecule has 0 aromatic heterocycles. The van der Waals surface area contributed by atoms with E-state index in [1.807, 2.05) is 32.9 Å². The zero-order valence-corrected chi connectivity index (χ0v) is 14.2. The first-order valence-electron chi connectivity index (χ1n) is 7.56. The van der Waals surface area contributed by atoms with Gasteiger partial charge in [-0.05, 0) is 51.0 Å². The van der Waals surface area contributed by atoms with Crippen molar-refractivity contribution in [2.45, 2.75) is 40.0 Å². The molecule has 0 aliphatic rings. The Morgan fingerprint density at radius 2 is 1.78 bits per heavy atom. The molecule has 0 aliphatic carbocycles. The van der Waals surface area contributed by atoms with Crippen molar-refractivity contribution in [2.75, 3.05) is 13.7 Å². The van der Waals surface area contributed by atoms with Gasteiger partial charge in [0.1, 0.15) is 6.61 Å². The second-order valence-corrected chi connectivity index (χ2v) is 5.45. The molecular weight excluding hydrogens is 296 g/mol. The molecular formula is C18H24O5. The minimum absolute atomic E-state index is 0.148. The van der Waals surface area contributed by atoms with E-state index in [9.17, 15) is 9.59 Å². The quantitative estimate of drug-likeness (QED) is 0.416. The lowest BCUT2D eigenvalue weighted by Crippen LogP contribution is -2.11. The molecule has 0 heterocycles. The molecule has 0 saturated heterocycles. The first-order chi connectivity index (χ1) is 10.9. The Hall–Kier alpha value is -2.30. The number of benzene rings is 1. The Morgan fingerprint density at radius 1 is 1.09 bits per heavy atom. The summed E-state index contributed by atoms with van der Waals surface area (Å²) in [5, 5.41) is 0. The summed E-state index contributed by atoms with van der Waals surface area (Å²) in [6, 6.07) is 5.36. The molecule has 0 radical (unpaired) electrons. The second kappa shape index (κ2) is 9.66. The average molecular weight is 320 g/mol. The Bertz CT molecular complexity index is 571. The predicted molar refractivity (Wildman–Crippen MR) is 87.6 cm³/mol. The van der Waals surface area contributed by atoms with Crippen LogP contribution >= 0.6 is 0 Å². The number of hydrogen-bond acceptors (Lipinski definition) is 5. The van der Waals surface area contributed by atoms with Gasteiger partial charge in [-0.1, -0.05) is 11.6 Å². The highest BCUT2D eigenvalue weighted by molar-refractivity contribution is 5.75. The Balaban J connectivity index is 2.36. The third-order valence-corrected chi connectivity index (χ3v) is 3.04. The summed E-state index contributed by atoms with van der Waals surface area (Å²) >= 11 is 0. The third kappa shape index (κ3) is 7.49. The number of hydrogen-bond donors (Lipinski definition) is 0. The summed E-state index contributed by atoms with van der Waals surface area (Å²) in [7, 11) is 1.52. The molecule has 0 N–H and O–H groups in total. The smallest absolute Gasteiger partial charge is 0.311 e. The largest absolute Gasteiger partial charge is 0.493 e. The molecule has 0 saturated carbocycles. The summed E-state index contributed by atoms with van der Waals surface area (Å²) in [6.07, 6.45) is 2.56. The Morgan fingerprint density at radius 3 is 2.43 bits per heavy atom. The first-order valence-corrected chi connectivity index (χ1v) is 7.56. The van der Waals surface area contributed by atoms with Crippen molar-refractivity contribution in [2.24, 2.45) is 0 Å². The minimum atomic E-state index is -0.397. The summed E-state index contributed by atoms with van der Waals surface area (Å²) in [5.74, 6) is 0.183. The molecule has 0 bridgehead atoms. The van der Waals surface area contributed by atoms with Crippen molar-refractivity contribution in [1.29, 1.82) is 0 Å². The van der Waals surface area contributed by atoms with E-state index < -0.39 is 5.97 Å². The predicted octanol–water partition coefficient (Wildman–Crippen LogP) is 3.59. The van der Waals surface area contributed by atoms with Crippen molar-refractivity contribution in [3.8, 4) is 11.5 Å².